The van der Waals surface area contributed by atoms with E-state index in [0.717, 1.165) is 11.1 Å². The molecule has 2 rings (SSSR count). The number of halogens is 1. The molecule has 0 unspecified atom stereocenters. The number of nitrogens with one attached hydrogen (secondary N) is 1. The Labute approximate surface area is 106 Å². The van der Waals surface area contributed by atoms with E-state index in [2.05, 4.69) is 17.0 Å². The Kier molecular flexibility index (Phi) is 3.89. The first kappa shape index (κ1) is 12.5. The quantitative estimate of drug-likeness (QED) is 0.877. The molecule has 4 heteroatoms. The van der Waals surface area contributed by atoms with Crippen LogP contribution < -0.4 is 5.32 Å². The van der Waals surface area contributed by atoms with Crippen molar-refractivity contribution < 1.29 is 4.39 Å². The predicted molar refractivity (Wildman–Crippen MR) is 70.3 cm³/mol. The van der Waals surface area contributed by atoms with Crippen LogP contribution in [0.4, 0.5) is 4.39 Å². The van der Waals surface area contributed by atoms with Crippen molar-refractivity contribution in [3.05, 3.63) is 60.2 Å². The fourth-order valence-corrected chi connectivity index (χ4v) is 1.73. The summed E-state index contributed by atoms with van der Waals surface area (Å²) in [4.78, 5) is 0. The molecule has 0 bridgehead atoms. The van der Waals surface area contributed by atoms with Gasteiger partial charge in [0.15, 0.2) is 0 Å². The van der Waals surface area contributed by atoms with Gasteiger partial charge >= 0.3 is 0 Å². The van der Waals surface area contributed by atoms with Crippen LogP contribution in [0.1, 0.15) is 24.1 Å². The van der Waals surface area contributed by atoms with Gasteiger partial charge in [-0.2, -0.15) is 5.10 Å². The van der Waals surface area contributed by atoms with Crippen LogP contribution in [0.25, 0.3) is 6.20 Å². The van der Waals surface area contributed by atoms with Gasteiger partial charge in [0.25, 0.3) is 0 Å². The van der Waals surface area contributed by atoms with Crippen LogP contribution in [0, 0.1) is 5.82 Å². The second-order valence-corrected chi connectivity index (χ2v) is 4.17. The maximum Gasteiger partial charge on any atom is 0.123 e. The summed E-state index contributed by atoms with van der Waals surface area (Å²) in [7, 11) is 0. The Bertz CT molecular complexity index is 533. The van der Waals surface area contributed by atoms with E-state index in [4.69, 9.17) is 0 Å². The first-order valence-corrected chi connectivity index (χ1v) is 5.83. The summed E-state index contributed by atoms with van der Waals surface area (Å²) in [5, 5.41) is 7.42. The lowest BCUT2D eigenvalue weighted by atomic mass is 10.1. The molecule has 0 saturated heterocycles. The number of aromatic nitrogens is 2. The molecule has 2 aromatic rings. The molecule has 0 saturated carbocycles. The van der Waals surface area contributed by atoms with Gasteiger partial charge in [-0.25, -0.2) is 9.07 Å². The lowest BCUT2D eigenvalue weighted by Gasteiger charge is -2.13. The van der Waals surface area contributed by atoms with Gasteiger partial charge in [-0.15, -0.1) is 0 Å². The van der Waals surface area contributed by atoms with Gasteiger partial charge in [0.1, 0.15) is 5.82 Å². The van der Waals surface area contributed by atoms with E-state index >= 15 is 0 Å². The second kappa shape index (κ2) is 5.60. The normalized spacial score (nSPS) is 12.3. The molecule has 3 nitrogen and oxygen atoms in total. The van der Waals surface area contributed by atoms with Crippen LogP contribution in [-0.4, -0.2) is 9.78 Å². The largest absolute Gasteiger partial charge is 0.306 e. The van der Waals surface area contributed by atoms with Gasteiger partial charge < -0.3 is 5.32 Å². The Morgan fingerprint density at radius 2 is 2.39 bits per heavy atom. The molecule has 1 aromatic heterocycles. The zero-order valence-corrected chi connectivity index (χ0v) is 10.3. The van der Waals surface area contributed by atoms with E-state index in [1.165, 1.54) is 6.07 Å². The summed E-state index contributed by atoms with van der Waals surface area (Å²) in [6, 6.07) is 6.72. The van der Waals surface area contributed by atoms with Crippen molar-refractivity contribution in [2.75, 3.05) is 0 Å². The highest BCUT2D eigenvalue weighted by Gasteiger charge is 2.06. The van der Waals surface area contributed by atoms with Crippen LogP contribution in [-0.2, 0) is 6.54 Å². The third-order valence-corrected chi connectivity index (χ3v) is 2.80. The van der Waals surface area contributed by atoms with E-state index in [-0.39, 0.29) is 11.9 Å². The molecule has 1 N–H and O–H groups in total. The summed E-state index contributed by atoms with van der Waals surface area (Å²) >= 11 is 0. The molecule has 1 atom stereocenters. The molecule has 0 fully saturated rings. The molecule has 0 radical (unpaired) electrons. The number of nitrogens with zero attached hydrogens (tertiary/aromatic N) is 2. The van der Waals surface area contributed by atoms with E-state index in [1.54, 1.807) is 29.2 Å². The number of hydrogen-bond donors (Lipinski definition) is 1. The lowest BCUT2D eigenvalue weighted by Crippen LogP contribution is -2.17. The monoisotopic (exact) mass is 245 g/mol. The fourth-order valence-electron chi connectivity index (χ4n) is 1.73. The number of hydrogen-bond acceptors (Lipinski definition) is 2. The number of benzene rings is 1. The topological polar surface area (TPSA) is 29.9 Å². The third kappa shape index (κ3) is 3.05. The van der Waals surface area contributed by atoms with Crippen LogP contribution in [0.15, 0.2) is 43.2 Å². The van der Waals surface area contributed by atoms with Gasteiger partial charge in [-0.1, -0.05) is 18.7 Å². The molecule has 0 aliphatic heterocycles. The van der Waals surface area contributed by atoms with Crippen molar-refractivity contribution in [2.45, 2.75) is 19.5 Å². The van der Waals surface area contributed by atoms with E-state index in [1.807, 2.05) is 19.2 Å². The molecule has 0 spiro atoms. The molecular weight excluding hydrogens is 229 g/mol. The SMILES string of the molecule is C=Cn1cc(CN[C@H](C)c2cccc(F)c2)cn1. The molecule has 94 valence electrons. The maximum absolute atomic E-state index is 13.1. The second-order valence-electron chi connectivity index (χ2n) is 4.17. The van der Waals surface area contributed by atoms with Gasteiger partial charge in [-0.05, 0) is 24.6 Å². The molecule has 0 aliphatic carbocycles. The van der Waals surface area contributed by atoms with Crippen LogP contribution in [0.2, 0.25) is 0 Å². The smallest absolute Gasteiger partial charge is 0.123 e. The Morgan fingerprint density at radius 3 is 3.06 bits per heavy atom. The summed E-state index contributed by atoms with van der Waals surface area (Å²) < 4.78 is 14.7. The first-order valence-electron chi connectivity index (χ1n) is 5.83. The standard InChI is InChI=1S/C14H16FN3/c1-3-18-10-12(9-17-18)8-16-11(2)13-5-4-6-14(15)7-13/h3-7,9-11,16H,1,8H2,2H3/t11-/m1/s1. The van der Waals surface area contributed by atoms with Crippen LogP contribution >= 0.6 is 0 Å². The Morgan fingerprint density at radius 1 is 1.56 bits per heavy atom. The lowest BCUT2D eigenvalue weighted by molar-refractivity contribution is 0.565. The summed E-state index contributed by atoms with van der Waals surface area (Å²) in [6.07, 6.45) is 5.32. The van der Waals surface area contributed by atoms with Crippen molar-refractivity contribution in [1.29, 1.82) is 0 Å². The Balaban J connectivity index is 1.95. The Hall–Kier alpha value is -1.94. The highest BCUT2D eigenvalue weighted by Crippen LogP contribution is 2.14. The molecular formula is C14H16FN3. The first-order chi connectivity index (χ1) is 8.69. The maximum atomic E-state index is 13.1. The molecule has 18 heavy (non-hydrogen) atoms. The van der Waals surface area contributed by atoms with Gasteiger partial charge in [0.05, 0.1) is 6.20 Å². The van der Waals surface area contributed by atoms with Crippen molar-refractivity contribution in [3.63, 3.8) is 0 Å². The van der Waals surface area contributed by atoms with Crippen molar-refractivity contribution in [1.82, 2.24) is 15.1 Å². The molecule has 1 aromatic carbocycles. The average molecular weight is 245 g/mol. The number of rotatable bonds is 5. The van der Waals surface area contributed by atoms with E-state index in [0.29, 0.717) is 6.54 Å². The minimum Gasteiger partial charge on any atom is -0.306 e. The summed E-state index contributed by atoms with van der Waals surface area (Å²) in [5.41, 5.74) is 2.00. The third-order valence-electron chi connectivity index (χ3n) is 2.80. The predicted octanol–water partition coefficient (Wildman–Crippen LogP) is 2.97. The van der Waals surface area contributed by atoms with Crippen molar-refractivity contribution in [3.8, 4) is 0 Å². The fraction of sp³-hybridized carbons (Fsp3) is 0.214. The van der Waals surface area contributed by atoms with Gasteiger partial charge in [0.2, 0.25) is 0 Å². The summed E-state index contributed by atoms with van der Waals surface area (Å²) in [6.45, 7) is 6.33. The highest BCUT2D eigenvalue weighted by molar-refractivity contribution is 5.20. The highest BCUT2D eigenvalue weighted by atomic mass is 19.1. The minimum absolute atomic E-state index is 0.0905. The molecule has 1 heterocycles. The zero-order chi connectivity index (χ0) is 13.0. The van der Waals surface area contributed by atoms with Crippen molar-refractivity contribution >= 4 is 6.20 Å². The van der Waals surface area contributed by atoms with Gasteiger partial charge in [0, 0.05) is 30.5 Å². The van der Waals surface area contributed by atoms with Crippen LogP contribution in [0.5, 0.6) is 0 Å². The summed E-state index contributed by atoms with van der Waals surface area (Å²) in [5.74, 6) is -0.208. The molecule has 0 aliphatic rings. The van der Waals surface area contributed by atoms with E-state index < -0.39 is 0 Å². The van der Waals surface area contributed by atoms with Gasteiger partial charge in [-0.3, -0.25) is 0 Å². The average Bonchev–Trinajstić information content (AvgIpc) is 2.84. The van der Waals surface area contributed by atoms with Crippen LogP contribution in [0.3, 0.4) is 0 Å². The minimum atomic E-state index is -0.208. The van der Waals surface area contributed by atoms with Crippen molar-refractivity contribution in [2.24, 2.45) is 0 Å². The zero-order valence-electron chi connectivity index (χ0n) is 10.3. The molecule has 0 amide bonds. The van der Waals surface area contributed by atoms with E-state index in [9.17, 15) is 4.39 Å².